The van der Waals surface area contributed by atoms with E-state index in [0.29, 0.717) is 0 Å². The monoisotopic (exact) mass is 713 g/mol. The first kappa shape index (κ1) is 31.3. The van der Waals surface area contributed by atoms with Gasteiger partial charge in [-0.15, -0.1) is 0 Å². The zero-order valence-electron chi connectivity index (χ0n) is 31.1. The van der Waals surface area contributed by atoms with E-state index in [2.05, 4.69) is 187 Å². The molecule has 0 saturated carbocycles. The molecule has 9 aromatic carbocycles. The highest BCUT2D eigenvalue weighted by molar-refractivity contribution is 6.29. The molecule has 1 aliphatic carbocycles. The molecule has 0 atom stereocenters. The quantitative estimate of drug-likeness (QED) is 0.171. The van der Waals surface area contributed by atoms with Crippen molar-refractivity contribution in [2.24, 2.45) is 0 Å². The third-order valence-corrected chi connectivity index (χ3v) is 12.5. The number of hydrogen-bond acceptors (Lipinski definition) is 2. The lowest BCUT2D eigenvalue weighted by Crippen LogP contribution is -2.14. The van der Waals surface area contributed by atoms with Crippen molar-refractivity contribution in [1.82, 2.24) is 14.5 Å². The molecule has 3 nitrogen and oxygen atoms in total. The van der Waals surface area contributed by atoms with Crippen LogP contribution in [0.2, 0.25) is 0 Å². The van der Waals surface area contributed by atoms with Gasteiger partial charge in [0.2, 0.25) is 0 Å². The molecule has 0 fully saturated rings. The topological polar surface area (TPSA) is 30.7 Å². The summed E-state index contributed by atoms with van der Waals surface area (Å²) in [5.41, 5.74) is 14.6. The number of benzene rings is 9. The first-order chi connectivity index (χ1) is 27.5. The molecule has 0 spiro atoms. The molecule has 0 saturated heterocycles. The predicted molar refractivity (Wildman–Crippen MR) is 235 cm³/mol. The molecule has 3 heteroatoms. The average molecular weight is 714 g/mol. The Labute approximate surface area is 324 Å². The van der Waals surface area contributed by atoms with Gasteiger partial charge in [-0.3, -0.25) is 0 Å². The highest BCUT2D eigenvalue weighted by atomic mass is 15.0. The van der Waals surface area contributed by atoms with Crippen molar-refractivity contribution >= 4 is 65.0 Å². The molecule has 56 heavy (non-hydrogen) atoms. The van der Waals surface area contributed by atoms with E-state index in [1.165, 1.54) is 87.5 Å². The molecule has 0 unspecified atom stereocenters. The summed E-state index contributed by atoms with van der Waals surface area (Å²) in [6.07, 6.45) is 3.58. The van der Waals surface area contributed by atoms with Crippen LogP contribution in [-0.2, 0) is 5.41 Å². The zero-order chi connectivity index (χ0) is 37.1. The van der Waals surface area contributed by atoms with Gasteiger partial charge in [0.25, 0.3) is 0 Å². The maximum absolute atomic E-state index is 4.76. The lowest BCUT2D eigenvalue weighted by Gasteiger charge is -2.22. The summed E-state index contributed by atoms with van der Waals surface area (Å²) in [6.45, 7) is 4.71. The number of para-hydroxylation sites is 1. The van der Waals surface area contributed by atoms with Crippen LogP contribution < -0.4 is 0 Å². The van der Waals surface area contributed by atoms with Crippen molar-refractivity contribution in [3.05, 3.63) is 187 Å². The van der Waals surface area contributed by atoms with Crippen molar-refractivity contribution in [1.29, 1.82) is 0 Å². The fourth-order valence-electron chi connectivity index (χ4n) is 9.81. The minimum Gasteiger partial charge on any atom is -0.309 e. The van der Waals surface area contributed by atoms with Gasteiger partial charge in [0.1, 0.15) is 6.33 Å². The molecule has 262 valence electrons. The van der Waals surface area contributed by atoms with Gasteiger partial charge in [0, 0.05) is 33.5 Å². The van der Waals surface area contributed by atoms with E-state index in [0.717, 1.165) is 27.7 Å². The molecule has 0 N–H and O–H groups in total. The molecule has 1 aliphatic rings. The summed E-state index contributed by atoms with van der Waals surface area (Å²) in [6, 6.07) is 60.7. The van der Waals surface area contributed by atoms with Crippen LogP contribution in [0.25, 0.3) is 104 Å². The van der Waals surface area contributed by atoms with Crippen LogP contribution in [0.1, 0.15) is 25.0 Å². The molecule has 0 bridgehead atoms. The largest absolute Gasteiger partial charge is 0.309 e. The Morgan fingerprint density at radius 3 is 1.93 bits per heavy atom. The Balaban J connectivity index is 1.11. The molecule has 12 rings (SSSR count). The summed E-state index contributed by atoms with van der Waals surface area (Å²) in [5.74, 6) is 0. The number of nitrogens with zero attached hydrogens (tertiary/aromatic N) is 3. The van der Waals surface area contributed by atoms with Gasteiger partial charge in [-0.2, -0.15) is 0 Å². The number of aromatic nitrogens is 3. The first-order valence-corrected chi connectivity index (χ1v) is 19.4. The summed E-state index contributed by atoms with van der Waals surface area (Å²) in [7, 11) is 0. The van der Waals surface area contributed by atoms with E-state index in [-0.39, 0.29) is 5.41 Å². The standard InChI is InChI=1S/C53H35N3/c1-53(2)48-18-10-8-16-39(48)40-23-21-34(25-49(40)53)33-20-22-38-43(24-33)36-14-6-7-15-37(36)45-29-52-46(28-44(38)45)41-17-9-11-19-51(41)56(52)35-26-42(32-12-4-3-5-13-32)47-30-54-31-55-50(47)27-35/h3-31H,1-2H3. The van der Waals surface area contributed by atoms with Gasteiger partial charge >= 0.3 is 0 Å². The zero-order valence-corrected chi connectivity index (χ0v) is 31.1. The van der Waals surface area contributed by atoms with E-state index in [9.17, 15) is 0 Å². The van der Waals surface area contributed by atoms with Gasteiger partial charge in [-0.1, -0.05) is 135 Å². The van der Waals surface area contributed by atoms with Crippen LogP contribution in [-0.4, -0.2) is 14.5 Å². The maximum atomic E-state index is 4.76. The summed E-state index contributed by atoms with van der Waals surface area (Å²) >= 11 is 0. The van der Waals surface area contributed by atoms with Gasteiger partial charge in [0.05, 0.1) is 16.6 Å². The first-order valence-electron chi connectivity index (χ1n) is 19.4. The Hall–Kier alpha value is -7.10. The Kier molecular flexibility index (Phi) is 6.40. The van der Waals surface area contributed by atoms with E-state index < -0.39 is 0 Å². The second-order valence-corrected chi connectivity index (χ2v) is 15.8. The SMILES string of the molecule is CC1(C)c2ccccc2-c2ccc(-c3ccc4c(c3)c3ccccc3c3cc5c(cc43)c3ccccc3n5-c3cc(-c4ccccc4)c4cncnc4c3)cc21. The number of rotatable bonds is 3. The van der Waals surface area contributed by atoms with E-state index >= 15 is 0 Å². The van der Waals surface area contributed by atoms with E-state index in [4.69, 9.17) is 4.98 Å². The van der Waals surface area contributed by atoms with Crippen LogP contribution >= 0.6 is 0 Å². The minimum atomic E-state index is -0.0457. The number of hydrogen-bond donors (Lipinski definition) is 0. The Morgan fingerprint density at radius 2 is 1.07 bits per heavy atom. The summed E-state index contributed by atoms with van der Waals surface area (Å²) in [5, 5.41) is 11.1. The molecule has 0 amide bonds. The van der Waals surface area contributed by atoms with Crippen molar-refractivity contribution in [2.75, 3.05) is 0 Å². The summed E-state index contributed by atoms with van der Waals surface area (Å²) in [4.78, 5) is 9.17. The van der Waals surface area contributed by atoms with Crippen LogP contribution in [0, 0.1) is 0 Å². The Morgan fingerprint density at radius 1 is 0.411 bits per heavy atom. The lowest BCUT2D eigenvalue weighted by atomic mass is 9.81. The molecular weight excluding hydrogens is 679 g/mol. The highest BCUT2D eigenvalue weighted by Gasteiger charge is 2.35. The van der Waals surface area contributed by atoms with Crippen LogP contribution in [0.5, 0.6) is 0 Å². The molecule has 0 radical (unpaired) electrons. The Bertz CT molecular complexity index is 3440. The third-order valence-electron chi connectivity index (χ3n) is 12.5. The van der Waals surface area contributed by atoms with Crippen molar-refractivity contribution in [3.63, 3.8) is 0 Å². The lowest BCUT2D eigenvalue weighted by molar-refractivity contribution is 0.660. The second-order valence-electron chi connectivity index (χ2n) is 15.8. The van der Waals surface area contributed by atoms with Crippen molar-refractivity contribution in [2.45, 2.75) is 19.3 Å². The predicted octanol–water partition coefficient (Wildman–Crippen LogP) is 13.8. The van der Waals surface area contributed by atoms with Crippen LogP contribution in [0.3, 0.4) is 0 Å². The minimum absolute atomic E-state index is 0.0457. The summed E-state index contributed by atoms with van der Waals surface area (Å²) < 4.78 is 2.42. The smallest absolute Gasteiger partial charge is 0.116 e. The van der Waals surface area contributed by atoms with E-state index in [1.54, 1.807) is 6.33 Å². The van der Waals surface area contributed by atoms with Crippen molar-refractivity contribution in [3.8, 4) is 39.1 Å². The van der Waals surface area contributed by atoms with Crippen LogP contribution in [0.15, 0.2) is 176 Å². The second kappa shape index (κ2) is 11.5. The molecule has 11 aromatic rings. The number of fused-ring (bicyclic) bond motifs is 13. The third kappa shape index (κ3) is 4.34. The fraction of sp³-hybridized carbons (Fsp3) is 0.0566. The molecule has 2 aromatic heterocycles. The van der Waals surface area contributed by atoms with E-state index in [1.807, 2.05) is 6.20 Å². The molecular formula is C53H35N3. The van der Waals surface area contributed by atoms with Gasteiger partial charge in [-0.25, -0.2) is 9.97 Å². The van der Waals surface area contributed by atoms with Crippen molar-refractivity contribution < 1.29 is 0 Å². The van der Waals surface area contributed by atoms with Gasteiger partial charge in [0.15, 0.2) is 0 Å². The van der Waals surface area contributed by atoms with Gasteiger partial charge < -0.3 is 4.57 Å². The maximum Gasteiger partial charge on any atom is 0.116 e. The average Bonchev–Trinajstić information content (AvgIpc) is 3.70. The fourth-order valence-corrected chi connectivity index (χ4v) is 9.81. The molecule has 0 aliphatic heterocycles. The van der Waals surface area contributed by atoms with Crippen LogP contribution in [0.4, 0.5) is 0 Å². The van der Waals surface area contributed by atoms with Gasteiger partial charge in [-0.05, 0) is 119 Å². The normalized spacial score (nSPS) is 13.3. The highest BCUT2D eigenvalue weighted by Crippen LogP contribution is 2.50. The molecule has 2 heterocycles.